The van der Waals surface area contributed by atoms with Gasteiger partial charge in [0.25, 0.3) is 5.91 Å². The van der Waals surface area contributed by atoms with E-state index >= 15 is 0 Å². The van der Waals surface area contributed by atoms with Crippen molar-refractivity contribution in [2.45, 2.75) is 89.6 Å². The van der Waals surface area contributed by atoms with Crippen molar-refractivity contribution in [2.75, 3.05) is 30.9 Å². The van der Waals surface area contributed by atoms with Crippen LogP contribution in [0.4, 0.5) is 17.1 Å². The van der Waals surface area contributed by atoms with Gasteiger partial charge in [0.1, 0.15) is 29.3 Å². The lowest BCUT2D eigenvalue weighted by atomic mass is 9.77. The average molecular weight is 750 g/mol. The summed E-state index contributed by atoms with van der Waals surface area (Å²) in [6.45, 7) is 7.66. The lowest BCUT2D eigenvalue weighted by molar-refractivity contribution is -0.142. The maximum atomic E-state index is 14.3. The van der Waals surface area contributed by atoms with E-state index in [1.807, 2.05) is 50.4 Å². The van der Waals surface area contributed by atoms with Crippen molar-refractivity contribution in [1.29, 1.82) is 0 Å². The van der Waals surface area contributed by atoms with Crippen molar-refractivity contribution >= 4 is 46.6 Å². The van der Waals surface area contributed by atoms with Crippen molar-refractivity contribution < 1.29 is 29.3 Å². The fourth-order valence-electron chi connectivity index (χ4n) is 6.94. The van der Waals surface area contributed by atoms with Crippen LogP contribution in [0.15, 0.2) is 71.6 Å². The molecule has 2 amide bonds. The Labute approximate surface area is 316 Å². The molecule has 4 N–H and O–H groups in total. The second-order valence-corrected chi connectivity index (χ2v) is 15.2. The molecule has 4 rings (SSSR count). The number of unbranched alkanes of at least 4 members (excludes halogenated alkanes) is 2. The standard InChI is InChI=1S/C40H53N4O8S/c1-6-8-19-40(20-9-7-2)25-43(29-13-11-10-12-14-29)32-22-35(53-5)34(23-33(32)44(50,51)26-40)52-24-36(46)42-37(28-15-17-30(45)18-16-28)38(47)41-31(39(48)49)21-27(3)4/h10-18,22-23,27,31,37,45H,6-9,19-21,24-26H2,1-5H3,(H,41,47)(H,42,46)(H,48,49)/q-1/t31-,37+/m0/s1. The number of nitrogens with one attached hydrogen (secondary N) is 2. The van der Waals surface area contributed by atoms with Gasteiger partial charge in [-0.05, 0) is 67.3 Å². The number of hydroxylamine groups is 2. The fourth-order valence-corrected chi connectivity index (χ4v) is 7.49. The number of phenols is 1. The van der Waals surface area contributed by atoms with Gasteiger partial charge in [-0.1, -0.05) is 83.7 Å². The van der Waals surface area contributed by atoms with Crippen LogP contribution in [-0.2, 0) is 14.4 Å². The Morgan fingerprint density at radius 2 is 1.62 bits per heavy atom. The lowest BCUT2D eigenvalue weighted by Crippen LogP contribution is -2.48. The zero-order valence-corrected chi connectivity index (χ0v) is 32.1. The number of nitrogens with zero attached hydrogens (tertiary/aromatic N) is 2. The molecule has 12 nitrogen and oxygen atoms in total. The van der Waals surface area contributed by atoms with Gasteiger partial charge >= 0.3 is 5.97 Å². The largest absolute Gasteiger partial charge is 0.626 e. The number of carbonyl (C=O) groups excluding carboxylic acids is 2. The predicted octanol–water partition coefficient (Wildman–Crippen LogP) is 7.79. The summed E-state index contributed by atoms with van der Waals surface area (Å²) in [5.41, 5.74) is 1.13. The number of amides is 2. The van der Waals surface area contributed by atoms with Crippen LogP contribution in [0.1, 0.15) is 84.2 Å². The number of benzene rings is 3. The molecule has 13 heteroatoms. The molecule has 0 radical (unpaired) electrons. The molecule has 2 atom stereocenters. The van der Waals surface area contributed by atoms with E-state index in [9.17, 15) is 35.0 Å². The highest BCUT2D eigenvalue weighted by molar-refractivity contribution is 7.98. The Kier molecular flexibility index (Phi) is 14.6. The Bertz CT molecular complexity index is 1680. The molecular weight excluding hydrogens is 697 g/mol. The number of carboxylic acid groups (broad SMARTS) is 1. The zero-order chi connectivity index (χ0) is 38.8. The van der Waals surface area contributed by atoms with E-state index in [4.69, 9.17) is 4.74 Å². The number of hydrogen-bond donors (Lipinski definition) is 4. The molecule has 1 aliphatic rings. The van der Waals surface area contributed by atoms with Gasteiger partial charge < -0.3 is 45.7 Å². The highest BCUT2D eigenvalue weighted by Crippen LogP contribution is 2.50. The van der Waals surface area contributed by atoms with Gasteiger partial charge in [-0.15, -0.1) is 11.8 Å². The molecule has 0 aromatic heterocycles. The first-order chi connectivity index (χ1) is 25.2. The predicted molar refractivity (Wildman–Crippen MR) is 210 cm³/mol. The smallest absolute Gasteiger partial charge is 0.326 e. The summed E-state index contributed by atoms with van der Waals surface area (Å²) in [5, 5.41) is 53.3. The number of phenolic OH excluding ortho intramolecular Hbond substituents is 1. The van der Waals surface area contributed by atoms with Crippen molar-refractivity contribution in [3.63, 3.8) is 0 Å². The first-order valence-electron chi connectivity index (χ1n) is 18.3. The summed E-state index contributed by atoms with van der Waals surface area (Å²) in [7, 11) is 0. The van der Waals surface area contributed by atoms with Crippen molar-refractivity contribution in [3.05, 3.63) is 82.7 Å². The minimum absolute atomic E-state index is 0.0110. The second kappa shape index (κ2) is 18.6. The molecule has 53 heavy (non-hydrogen) atoms. The molecule has 1 aliphatic heterocycles. The molecule has 1 heterocycles. The first kappa shape index (κ1) is 41.5. The minimum atomic E-state index is -1.85. The molecule has 3 aromatic rings. The SMILES string of the molecule is CCCCC1(CCCC)CN(c2ccccc2)c2cc(SC)c(OCC(=O)N[C@@H](C(=O)N[C@@H](CC(C)C)C(=O)O)c3ccc(O)cc3)cc2[N+]([O-])([O-])C1. The number of quaternary nitrogens is 1. The Morgan fingerprint density at radius 3 is 2.19 bits per heavy atom. The van der Waals surface area contributed by atoms with Crippen LogP contribution in [0.5, 0.6) is 11.5 Å². The number of ether oxygens (including phenoxy) is 1. The zero-order valence-electron chi connectivity index (χ0n) is 31.3. The number of carbonyl (C=O) groups is 3. The summed E-state index contributed by atoms with van der Waals surface area (Å²) >= 11 is 1.35. The summed E-state index contributed by atoms with van der Waals surface area (Å²) in [6, 6.07) is 16.1. The van der Waals surface area contributed by atoms with Gasteiger partial charge in [-0.2, -0.15) is 0 Å². The quantitative estimate of drug-likeness (QED) is 0.0571. The van der Waals surface area contributed by atoms with Crippen LogP contribution in [0.25, 0.3) is 0 Å². The number of fused-ring (bicyclic) bond motifs is 1. The third-order valence-corrected chi connectivity index (χ3v) is 10.4. The molecule has 3 aromatic carbocycles. The average Bonchev–Trinajstić information content (AvgIpc) is 3.22. The molecule has 0 aliphatic carbocycles. The number of thioether (sulfide) groups is 1. The fraction of sp³-hybridized carbons (Fsp3) is 0.475. The molecule has 0 fully saturated rings. The van der Waals surface area contributed by atoms with Crippen molar-refractivity contribution in [3.8, 4) is 11.5 Å². The highest BCUT2D eigenvalue weighted by atomic mass is 32.2. The van der Waals surface area contributed by atoms with Crippen LogP contribution >= 0.6 is 11.8 Å². The van der Waals surface area contributed by atoms with Gasteiger partial charge in [0, 0.05) is 23.7 Å². The third kappa shape index (κ3) is 10.9. The summed E-state index contributed by atoms with van der Waals surface area (Å²) in [6.07, 6.45) is 7.15. The molecule has 0 saturated heterocycles. The number of carboxylic acids is 1. The number of anilines is 2. The molecule has 0 unspecified atom stereocenters. The Hall–Kier alpha value is -4.30. The van der Waals surface area contributed by atoms with Crippen LogP contribution < -0.4 is 25.1 Å². The minimum Gasteiger partial charge on any atom is -0.626 e. The number of rotatable bonds is 18. The molecule has 0 bridgehead atoms. The maximum absolute atomic E-state index is 14.3. The van der Waals surface area contributed by atoms with Crippen LogP contribution in [0.3, 0.4) is 0 Å². The number of para-hydroxylation sites is 1. The monoisotopic (exact) mass is 749 g/mol. The number of aromatic hydroxyl groups is 1. The van der Waals surface area contributed by atoms with E-state index in [-0.39, 0.29) is 36.1 Å². The van der Waals surface area contributed by atoms with E-state index in [2.05, 4.69) is 29.4 Å². The molecular formula is C40H53N4O8S-. The normalized spacial score (nSPS) is 15.9. The maximum Gasteiger partial charge on any atom is 0.326 e. The van der Waals surface area contributed by atoms with Gasteiger partial charge in [-0.25, -0.2) is 4.79 Å². The van der Waals surface area contributed by atoms with E-state index in [1.54, 1.807) is 6.07 Å². The summed E-state index contributed by atoms with van der Waals surface area (Å²) in [4.78, 5) is 39.6. The van der Waals surface area contributed by atoms with E-state index in [0.29, 0.717) is 22.7 Å². The summed E-state index contributed by atoms with van der Waals surface area (Å²) in [5.74, 6) is -2.56. The van der Waals surface area contributed by atoms with Gasteiger partial charge in [-0.3, -0.25) is 9.59 Å². The Balaban J connectivity index is 1.67. The topological polar surface area (TPSA) is 174 Å². The lowest BCUT2D eigenvalue weighted by Gasteiger charge is -2.50. The number of hydrogen-bond acceptors (Lipinski definition) is 9. The van der Waals surface area contributed by atoms with E-state index in [1.165, 1.54) is 42.1 Å². The van der Waals surface area contributed by atoms with Crippen LogP contribution in [0.2, 0.25) is 0 Å². The van der Waals surface area contributed by atoms with Crippen LogP contribution in [-0.4, -0.2) is 60.0 Å². The van der Waals surface area contributed by atoms with Gasteiger partial charge in [0.2, 0.25) is 5.91 Å². The molecule has 288 valence electrons. The van der Waals surface area contributed by atoms with Gasteiger partial charge in [0.05, 0.1) is 11.4 Å². The molecule has 0 saturated carbocycles. The Morgan fingerprint density at radius 1 is 0.981 bits per heavy atom. The van der Waals surface area contributed by atoms with Gasteiger partial charge in [0.15, 0.2) is 12.3 Å². The van der Waals surface area contributed by atoms with E-state index < -0.39 is 46.7 Å². The third-order valence-electron chi connectivity index (χ3n) is 9.62. The summed E-state index contributed by atoms with van der Waals surface area (Å²) < 4.78 is 6.02. The van der Waals surface area contributed by atoms with Crippen LogP contribution in [0, 0.1) is 21.7 Å². The first-order valence-corrected chi connectivity index (χ1v) is 19.5. The van der Waals surface area contributed by atoms with E-state index in [0.717, 1.165) is 44.2 Å². The second-order valence-electron chi connectivity index (χ2n) is 14.4. The highest BCUT2D eigenvalue weighted by Gasteiger charge is 2.42. The number of aliphatic carboxylic acids is 1. The molecule has 0 spiro atoms. The van der Waals surface area contributed by atoms with Crippen molar-refractivity contribution in [2.24, 2.45) is 11.3 Å². The van der Waals surface area contributed by atoms with Crippen molar-refractivity contribution in [1.82, 2.24) is 15.4 Å².